The number of ether oxygens (including phenoxy) is 4. The highest BCUT2D eigenvalue weighted by Gasteiger charge is 2.20. The van der Waals surface area contributed by atoms with Crippen LogP contribution in [0.25, 0.3) is 0 Å². The average molecular weight is 371 g/mol. The standard InChI is InChI=1S/C20H21NO6/c1-13(27-20(23)15-5-3-14(4-6-15)12-24-2)19(22)21-16-7-8-17-18(11-16)26-10-9-25-17/h3-8,11,13H,9-10,12H2,1-2H3,(H,21,22)/t13-/m1/s1. The van der Waals surface area contributed by atoms with Gasteiger partial charge in [-0.1, -0.05) is 12.1 Å². The van der Waals surface area contributed by atoms with Crippen LogP contribution in [0.4, 0.5) is 5.69 Å². The van der Waals surface area contributed by atoms with E-state index in [2.05, 4.69) is 5.32 Å². The summed E-state index contributed by atoms with van der Waals surface area (Å²) in [4.78, 5) is 24.5. The number of rotatable bonds is 6. The fourth-order valence-electron chi connectivity index (χ4n) is 2.55. The second kappa shape index (κ2) is 8.55. The molecule has 0 saturated heterocycles. The lowest BCUT2D eigenvalue weighted by Gasteiger charge is -2.19. The molecule has 0 radical (unpaired) electrons. The number of methoxy groups -OCH3 is 1. The van der Waals surface area contributed by atoms with E-state index < -0.39 is 18.0 Å². The number of carbonyl (C=O) groups excluding carboxylic acids is 2. The number of carbonyl (C=O) groups is 2. The molecule has 1 N–H and O–H groups in total. The molecule has 2 aromatic carbocycles. The quantitative estimate of drug-likeness (QED) is 0.786. The molecule has 1 atom stereocenters. The molecule has 0 aromatic heterocycles. The zero-order chi connectivity index (χ0) is 19.2. The fraction of sp³-hybridized carbons (Fsp3) is 0.300. The van der Waals surface area contributed by atoms with Crippen molar-refractivity contribution in [3.05, 3.63) is 53.6 Å². The summed E-state index contributed by atoms with van der Waals surface area (Å²) in [5.74, 6) is 0.204. The first-order valence-corrected chi connectivity index (χ1v) is 8.56. The lowest BCUT2D eigenvalue weighted by Crippen LogP contribution is -2.30. The Morgan fingerprint density at radius 3 is 2.48 bits per heavy atom. The molecule has 7 nitrogen and oxygen atoms in total. The second-order valence-corrected chi connectivity index (χ2v) is 6.03. The largest absolute Gasteiger partial charge is 0.486 e. The molecule has 1 heterocycles. The molecule has 3 rings (SSSR count). The van der Waals surface area contributed by atoms with Crippen LogP contribution in [0.15, 0.2) is 42.5 Å². The molecule has 1 aliphatic heterocycles. The summed E-state index contributed by atoms with van der Waals surface area (Å²) >= 11 is 0. The van der Waals surface area contributed by atoms with Gasteiger partial charge in [-0.15, -0.1) is 0 Å². The Kier molecular flexibility index (Phi) is 5.93. The summed E-state index contributed by atoms with van der Waals surface area (Å²) < 4.78 is 21.2. The highest BCUT2D eigenvalue weighted by Crippen LogP contribution is 2.32. The van der Waals surface area contributed by atoms with Crippen molar-refractivity contribution >= 4 is 17.6 Å². The van der Waals surface area contributed by atoms with Gasteiger partial charge in [0.15, 0.2) is 17.6 Å². The summed E-state index contributed by atoms with van der Waals surface area (Å²) in [6.45, 7) is 2.94. The zero-order valence-electron chi connectivity index (χ0n) is 15.2. The van der Waals surface area contributed by atoms with Crippen LogP contribution in [0.3, 0.4) is 0 Å². The van der Waals surface area contributed by atoms with Crippen LogP contribution in [0, 0.1) is 0 Å². The number of anilines is 1. The normalized spacial score (nSPS) is 13.6. The molecule has 7 heteroatoms. The minimum atomic E-state index is -0.954. The van der Waals surface area contributed by atoms with Gasteiger partial charge in [-0.3, -0.25) is 4.79 Å². The predicted molar refractivity (Wildman–Crippen MR) is 98.1 cm³/mol. The fourth-order valence-corrected chi connectivity index (χ4v) is 2.55. The number of esters is 1. The van der Waals surface area contributed by atoms with Crippen LogP contribution in [0.5, 0.6) is 11.5 Å². The highest BCUT2D eigenvalue weighted by molar-refractivity contribution is 5.97. The second-order valence-electron chi connectivity index (χ2n) is 6.03. The van der Waals surface area contributed by atoms with E-state index in [9.17, 15) is 9.59 Å². The number of hydrogen-bond donors (Lipinski definition) is 1. The molecule has 142 valence electrons. The van der Waals surface area contributed by atoms with Crippen LogP contribution >= 0.6 is 0 Å². The Bertz CT molecular complexity index is 818. The third-order valence-corrected chi connectivity index (χ3v) is 3.96. The van der Waals surface area contributed by atoms with Crippen molar-refractivity contribution in [3.8, 4) is 11.5 Å². The van der Waals surface area contributed by atoms with Gasteiger partial charge < -0.3 is 24.3 Å². The van der Waals surface area contributed by atoms with Crippen LogP contribution in [0.2, 0.25) is 0 Å². The molecule has 0 unspecified atom stereocenters. The predicted octanol–water partition coefficient (Wildman–Crippen LogP) is 2.79. The Hall–Kier alpha value is -3.06. The first kappa shape index (κ1) is 18.7. The van der Waals surface area contributed by atoms with E-state index in [1.165, 1.54) is 6.92 Å². The molecule has 0 spiro atoms. The van der Waals surface area contributed by atoms with E-state index in [0.29, 0.717) is 42.6 Å². The molecule has 0 fully saturated rings. The van der Waals surface area contributed by atoms with Crippen molar-refractivity contribution in [3.63, 3.8) is 0 Å². The minimum absolute atomic E-state index is 0.369. The lowest BCUT2D eigenvalue weighted by atomic mass is 10.1. The van der Waals surface area contributed by atoms with Gasteiger partial charge in [0.05, 0.1) is 12.2 Å². The first-order chi connectivity index (χ1) is 13.1. The molecule has 0 bridgehead atoms. The van der Waals surface area contributed by atoms with Crippen molar-refractivity contribution in [1.29, 1.82) is 0 Å². The van der Waals surface area contributed by atoms with Crippen molar-refractivity contribution in [2.24, 2.45) is 0 Å². The van der Waals surface area contributed by atoms with Crippen LogP contribution in [-0.4, -0.2) is 38.3 Å². The number of nitrogens with one attached hydrogen (secondary N) is 1. The Labute approximate surface area is 157 Å². The molecule has 27 heavy (non-hydrogen) atoms. The van der Waals surface area contributed by atoms with E-state index >= 15 is 0 Å². The summed E-state index contributed by atoms with van der Waals surface area (Å²) in [6, 6.07) is 11.9. The Morgan fingerprint density at radius 2 is 1.78 bits per heavy atom. The van der Waals surface area contributed by atoms with E-state index in [-0.39, 0.29) is 0 Å². The summed E-state index contributed by atoms with van der Waals surface area (Å²) in [5, 5.41) is 2.71. The highest BCUT2D eigenvalue weighted by atomic mass is 16.6. The monoisotopic (exact) mass is 371 g/mol. The first-order valence-electron chi connectivity index (χ1n) is 8.56. The van der Waals surface area contributed by atoms with E-state index in [1.807, 2.05) is 0 Å². The molecule has 0 saturated carbocycles. The van der Waals surface area contributed by atoms with E-state index in [4.69, 9.17) is 18.9 Å². The third kappa shape index (κ3) is 4.77. The van der Waals surface area contributed by atoms with Gasteiger partial charge in [0.2, 0.25) is 0 Å². The van der Waals surface area contributed by atoms with Crippen LogP contribution in [0.1, 0.15) is 22.8 Å². The topological polar surface area (TPSA) is 83.1 Å². The molecule has 2 aromatic rings. The van der Waals surface area contributed by atoms with Gasteiger partial charge >= 0.3 is 5.97 Å². The number of amides is 1. The van der Waals surface area contributed by atoms with Crippen molar-refractivity contribution in [2.75, 3.05) is 25.6 Å². The van der Waals surface area contributed by atoms with E-state index in [0.717, 1.165) is 5.56 Å². The smallest absolute Gasteiger partial charge is 0.338 e. The summed E-state index contributed by atoms with van der Waals surface area (Å²) in [6.07, 6.45) is -0.954. The van der Waals surface area contributed by atoms with Crippen molar-refractivity contribution in [2.45, 2.75) is 19.6 Å². The maximum Gasteiger partial charge on any atom is 0.338 e. The van der Waals surface area contributed by atoms with Gasteiger partial charge in [-0.2, -0.15) is 0 Å². The molecule has 0 aliphatic carbocycles. The maximum atomic E-state index is 12.3. The summed E-state index contributed by atoms with van der Waals surface area (Å²) in [7, 11) is 1.60. The number of benzene rings is 2. The van der Waals surface area contributed by atoms with Gasteiger partial charge in [-0.25, -0.2) is 4.79 Å². The Morgan fingerprint density at radius 1 is 1.07 bits per heavy atom. The molecular weight excluding hydrogens is 350 g/mol. The lowest BCUT2D eigenvalue weighted by molar-refractivity contribution is -0.123. The van der Waals surface area contributed by atoms with E-state index in [1.54, 1.807) is 49.6 Å². The Balaban J connectivity index is 1.57. The van der Waals surface area contributed by atoms with Gasteiger partial charge in [0.25, 0.3) is 5.91 Å². The maximum absolute atomic E-state index is 12.3. The zero-order valence-corrected chi connectivity index (χ0v) is 15.2. The van der Waals surface area contributed by atoms with Gasteiger partial charge in [0, 0.05) is 18.9 Å². The number of fused-ring (bicyclic) bond motifs is 1. The SMILES string of the molecule is COCc1ccc(C(=O)O[C@H](C)C(=O)Nc2ccc3c(c2)OCCO3)cc1. The molecular formula is C20H21NO6. The molecule has 1 aliphatic rings. The molecule has 1 amide bonds. The average Bonchev–Trinajstić information content (AvgIpc) is 2.68. The van der Waals surface area contributed by atoms with Gasteiger partial charge in [0.1, 0.15) is 13.2 Å². The minimum Gasteiger partial charge on any atom is -0.486 e. The van der Waals surface area contributed by atoms with Crippen LogP contribution < -0.4 is 14.8 Å². The van der Waals surface area contributed by atoms with Crippen molar-refractivity contribution < 1.29 is 28.5 Å². The number of hydrogen-bond acceptors (Lipinski definition) is 6. The van der Waals surface area contributed by atoms with Crippen LogP contribution in [-0.2, 0) is 20.9 Å². The summed E-state index contributed by atoms with van der Waals surface area (Å²) in [5.41, 5.74) is 1.85. The third-order valence-electron chi connectivity index (χ3n) is 3.96. The van der Waals surface area contributed by atoms with Crippen molar-refractivity contribution in [1.82, 2.24) is 0 Å². The van der Waals surface area contributed by atoms with Gasteiger partial charge in [-0.05, 0) is 36.8 Å².